The SMILES string of the molecule is C[C@H](Sc1nc2c(c(=O)n(C)c(=O)n2C)n1Cc1ccc(Cl)cc1)c1ccccc1. The van der Waals surface area contributed by atoms with E-state index in [1.807, 2.05) is 47.0 Å². The van der Waals surface area contributed by atoms with E-state index in [4.69, 9.17) is 16.6 Å². The number of aromatic nitrogens is 4. The summed E-state index contributed by atoms with van der Waals surface area (Å²) < 4.78 is 4.44. The van der Waals surface area contributed by atoms with Gasteiger partial charge in [0, 0.05) is 24.4 Å². The molecular formula is C22H21ClN4O2S. The number of thioether (sulfide) groups is 1. The number of nitrogens with zero attached hydrogens (tertiary/aromatic N) is 4. The van der Waals surface area contributed by atoms with Gasteiger partial charge in [-0.1, -0.05) is 65.8 Å². The lowest BCUT2D eigenvalue weighted by Gasteiger charge is -2.13. The average molecular weight is 441 g/mol. The molecule has 0 unspecified atom stereocenters. The first-order valence-electron chi connectivity index (χ1n) is 9.49. The fourth-order valence-electron chi connectivity index (χ4n) is 3.39. The molecular weight excluding hydrogens is 420 g/mol. The van der Waals surface area contributed by atoms with Crippen molar-refractivity contribution in [1.82, 2.24) is 18.7 Å². The second-order valence-electron chi connectivity index (χ2n) is 7.16. The van der Waals surface area contributed by atoms with Gasteiger partial charge in [0.25, 0.3) is 5.56 Å². The number of rotatable bonds is 5. The lowest BCUT2D eigenvalue weighted by atomic mass is 10.2. The van der Waals surface area contributed by atoms with E-state index in [9.17, 15) is 9.59 Å². The third kappa shape index (κ3) is 3.70. The van der Waals surface area contributed by atoms with Gasteiger partial charge in [-0.2, -0.15) is 0 Å². The van der Waals surface area contributed by atoms with Crippen LogP contribution in [0.5, 0.6) is 0 Å². The molecule has 0 aliphatic carbocycles. The van der Waals surface area contributed by atoms with Crippen molar-refractivity contribution in [3.8, 4) is 0 Å². The highest BCUT2D eigenvalue weighted by Gasteiger charge is 2.21. The van der Waals surface area contributed by atoms with Gasteiger partial charge in [-0.25, -0.2) is 9.78 Å². The Balaban J connectivity index is 1.88. The van der Waals surface area contributed by atoms with Crippen molar-refractivity contribution in [2.75, 3.05) is 0 Å². The molecule has 0 aliphatic rings. The Labute approximate surface area is 182 Å². The molecule has 0 spiro atoms. The van der Waals surface area contributed by atoms with Gasteiger partial charge in [0.2, 0.25) is 0 Å². The molecule has 8 heteroatoms. The second-order valence-corrected chi connectivity index (χ2v) is 8.90. The molecule has 0 saturated heterocycles. The summed E-state index contributed by atoms with van der Waals surface area (Å²) in [7, 11) is 3.13. The topological polar surface area (TPSA) is 61.8 Å². The molecule has 0 saturated carbocycles. The molecule has 2 aromatic heterocycles. The van der Waals surface area contributed by atoms with Gasteiger partial charge in [-0.15, -0.1) is 0 Å². The van der Waals surface area contributed by atoms with E-state index in [0.717, 1.165) is 15.7 Å². The van der Waals surface area contributed by atoms with E-state index < -0.39 is 5.69 Å². The smallest absolute Gasteiger partial charge is 0.309 e. The Morgan fingerprint density at radius 1 is 1.00 bits per heavy atom. The standard InChI is InChI=1S/C22H21ClN4O2S/c1-14(16-7-5-4-6-8-16)30-21-24-19-18(20(28)26(3)22(29)25(19)2)27(21)13-15-9-11-17(23)12-10-15/h4-12,14H,13H2,1-3H3/t14-/m0/s1. The molecule has 6 nitrogen and oxygen atoms in total. The Morgan fingerprint density at radius 3 is 2.33 bits per heavy atom. The highest BCUT2D eigenvalue weighted by molar-refractivity contribution is 7.99. The number of hydrogen-bond donors (Lipinski definition) is 0. The van der Waals surface area contributed by atoms with Gasteiger partial charge in [0.1, 0.15) is 0 Å². The van der Waals surface area contributed by atoms with Crippen molar-refractivity contribution in [3.05, 3.63) is 91.6 Å². The third-order valence-electron chi connectivity index (χ3n) is 5.12. The van der Waals surface area contributed by atoms with Crippen LogP contribution < -0.4 is 11.2 Å². The first-order chi connectivity index (χ1) is 14.4. The van der Waals surface area contributed by atoms with E-state index in [1.54, 1.807) is 18.8 Å². The number of imidazole rings is 1. The molecule has 0 N–H and O–H groups in total. The number of hydrogen-bond acceptors (Lipinski definition) is 4. The normalized spacial score (nSPS) is 12.4. The minimum atomic E-state index is -0.392. The predicted octanol–water partition coefficient (Wildman–Crippen LogP) is 3.99. The van der Waals surface area contributed by atoms with E-state index in [1.165, 1.54) is 11.6 Å². The first kappa shape index (κ1) is 20.5. The summed E-state index contributed by atoms with van der Waals surface area (Å²) in [6.07, 6.45) is 0. The molecule has 154 valence electrons. The molecule has 0 fully saturated rings. The van der Waals surface area contributed by atoms with Gasteiger partial charge in [-0.05, 0) is 30.2 Å². The lowest BCUT2D eigenvalue weighted by Crippen LogP contribution is -2.37. The number of aryl methyl sites for hydroxylation is 1. The van der Waals surface area contributed by atoms with Crippen molar-refractivity contribution in [3.63, 3.8) is 0 Å². The van der Waals surface area contributed by atoms with Gasteiger partial charge in [-0.3, -0.25) is 13.9 Å². The molecule has 0 radical (unpaired) electrons. The maximum atomic E-state index is 13.0. The summed E-state index contributed by atoms with van der Waals surface area (Å²) in [6, 6.07) is 17.6. The van der Waals surface area contributed by atoms with Gasteiger partial charge < -0.3 is 4.57 Å². The predicted molar refractivity (Wildman–Crippen MR) is 121 cm³/mol. The van der Waals surface area contributed by atoms with Crippen LogP contribution in [0.3, 0.4) is 0 Å². The summed E-state index contributed by atoms with van der Waals surface area (Å²) >= 11 is 7.59. The van der Waals surface area contributed by atoms with E-state index >= 15 is 0 Å². The second kappa shape index (κ2) is 8.16. The van der Waals surface area contributed by atoms with Crippen molar-refractivity contribution < 1.29 is 0 Å². The molecule has 30 heavy (non-hydrogen) atoms. The minimum Gasteiger partial charge on any atom is -0.309 e. The van der Waals surface area contributed by atoms with Crippen LogP contribution in [0.15, 0.2) is 69.3 Å². The van der Waals surface area contributed by atoms with Gasteiger partial charge in [0.15, 0.2) is 16.3 Å². The van der Waals surface area contributed by atoms with Gasteiger partial charge >= 0.3 is 5.69 Å². The Morgan fingerprint density at radius 2 is 1.67 bits per heavy atom. The van der Waals surface area contributed by atoms with E-state index in [2.05, 4.69) is 19.1 Å². The molecule has 0 bridgehead atoms. The minimum absolute atomic E-state index is 0.118. The highest BCUT2D eigenvalue weighted by atomic mass is 35.5. The van der Waals surface area contributed by atoms with Crippen molar-refractivity contribution in [1.29, 1.82) is 0 Å². The monoisotopic (exact) mass is 440 g/mol. The fraction of sp³-hybridized carbons (Fsp3) is 0.227. The van der Waals surface area contributed by atoms with Crippen LogP contribution in [0.1, 0.15) is 23.3 Å². The van der Waals surface area contributed by atoms with E-state index in [-0.39, 0.29) is 10.8 Å². The van der Waals surface area contributed by atoms with Crippen LogP contribution in [-0.4, -0.2) is 18.7 Å². The van der Waals surface area contributed by atoms with Crippen LogP contribution >= 0.6 is 23.4 Å². The molecule has 4 rings (SSSR count). The molecule has 0 amide bonds. The van der Waals surface area contributed by atoms with Crippen LogP contribution in [-0.2, 0) is 20.6 Å². The summed E-state index contributed by atoms with van der Waals surface area (Å²) in [4.78, 5) is 30.1. The summed E-state index contributed by atoms with van der Waals surface area (Å²) in [5.74, 6) is 0. The molecule has 0 aliphatic heterocycles. The molecule has 2 aromatic carbocycles. The maximum Gasteiger partial charge on any atom is 0.332 e. The number of fused-ring (bicyclic) bond motifs is 1. The van der Waals surface area contributed by atoms with Crippen LogP contribution in [0.25, 0.3) is 11.2 Å². The highest BCUT2D eigenvalue weighted by Crippen LogP contribution is 2.35. The lowest BCUT2D eigenvalue weighted by molar-refractivity contribution is 0.696. The zero-order valence-corrected chi connectivity index (χ0v) is 18.4. The first-order valence-corrected chi connectivity index (χ1v) is 10.7. The van der Waals surface area contributed by atoms with Crippen LogP contribution in [0, 0.1) is 0 Å². The Kier molecular flexibility index (Phi) is 5.58. The molecule has 1 atom stereocenters. The molecule has 4 aromatic rings. The fourth-order valence-corrected chi connectivity index (χ4v) is 4.54. The quantitative estimate of drug-likeness (QED) is 0.440. The Bertz CT molecular complexity index is 1320. The van der Waals surface area contributed by atoms with Crippen molar-refractivity contribution >= 4 is 34.5 Å². The zero-order valence-electron chi connectivity index (χ0n) is 16.9. The van der Waals surface area contributed by atoms with Gasteiger partial charge in [0.05, 0.1) is 6.54 Å². The number of benzene rings is 2. The zero-order chi connectivity index (χ0) is 21.4. The average Bonchev–Trinajstić information content (AvgIpc) is 3.11. The van der Waals surface area contributed by atoms with Crippen molar-refractivity contribution in [2.45, 2.75) is 23.9 Å². The largest absolute Gasteiger partial charge is 0.332 e. The Hall–Kier alpha value is -2.77. The molecule has 2 heterocycles. The summed E-state index contributed by atoms with van der Waals surface area (Å²) in [6.45, 7) is 2.55. The van der Waals surface area contributed by atoms with Crippen molar-refractivity contribution in [2.24, 2.45) is 14.1 Å². The van der Waals surface area contributed by atoms with Crippen LogP contribution in [0.4, 0.5) is 0 Å². The summed E-state index contributed by atoms with van der Waals surface area (Å²) in [5, 5.41) is 1.46. The third-order valence-corrected chi connectivity index (χ3v) is 6.52. The maximum absolute atomic E-state index is 13.0. The number of halogens is 1. The van der Waals surface area contributed by atoms with E-state index in [0.29, 0.717) is 27.9 Å². The summed E-state index contributed by atoms with van der Waals surface area (Å²) in [5.41, 5.74) is 2.21. The van der Waals surface area contributed by atoms with Crippen LogP contribution in [0.2, 0.25) is 5.02 Å².